The van der Waals surface area contributed by atoms with Gasteiger partial charge in [0.25, 0.3) is 0 Å². The smallest absolute Gasteiger partial charge is 0.308 e. The molecule has 1 aromatic carbocycles. The molecule has 5 heteroatoms. The Bertz CT molecular complexity index is 465. The van der Waals surface area contributed by atoms with Crippen LogP contribution in [0.3, 0.4) is 0 Å². The molecule has 0 aliphatic carbocycles. The molecule has 0 aromatic heterocycles. The predicted octanol–water partition coefficient (Wildman–Crippen LogP) is 2.70. The number of carbonyl (C=O) groups is 2. The van der Waals surface area contributed by atoms with Crippen molar-refractivity contribution >= 4 is 11.9 Å². The van der Waals surface area contributed by atoms with Crippen molar-refractivity contribution in [3.8, 4) is 0 Å². The van der Waals surface area contributed by atoms with Crippen LogP contribution in [-0.4, -0.2) is 29.1 Å². The SMILES string of the molecule is CC(=O)N(CCC(=O)OC(C)(C)C)OCc1ccccc1. The number of esters is 1. The van der Waals surface area contributed by atoms with Gasteiger partial charge in [-0.15, -0.1) is 0 Å². The first-order valence-electron chi connectivity index (χ1n) is 6.95. The van der Waals surface area contributed by atoms with Crippen molar-refractivity contribution in [1.29, 1.82) is 0 Å². The molecule has 116 valence electrons. The summed E-state index contributed by atoms with van der Waals surface area (Å²) in [6.45, 7) is 7.28. The number of rotatable bonds is 6. The largest absolute Gasteiger partial charge is 0.460 e. The lowest BCUT2D eigenvalue weighted by atomic mass is 10.2. The minimum Gasteiger partial charge on any atom is -0.460 e. The summed E-state index contributed by atoms with van der Waals surface area (Å²) in [7, 11) is 0. The van der Waals surface area contributed by atoms with Crippen LogP contribution in [-0.2, 0) is 25.8 Å². The Morgan fingerprint density at radius 2 is 1.76 bits per heavy atom. The van der Waals surface area contributed by atoms with Crippen molar-refractivity contribution in [2.45, 2.75) is 46.3 Å². The molecule has 1 aromatic rings. The van der Waals surface area contributed by atoms with Crippen LogP contribution in [0.5, 0.6) is 0 Å². The first kappa shape index (κ1) is 17.2. The van der Waals surface area contributed by atoms with Crippen molar-refractivity contribution in [2.75, 3.05) is 6.54 Å². The van der Waals surface area contributed by atoms with Gasteiger partial charge >= 0.3 is 5.97 Å². The Balaban J connectivity index is 2.44. The van der Waals surface area contributed by atoms with Crippen LogP contribution in [0.15, 0.2) is 30.3 Å². The number of hydroxylamine groups is 2. The van der Waals surface area contributed by atoms with Crippen molar-refractivity contribution in [3.05, 3.63) is 35.9 Å². The molecular formula is C16H23NO4. The van der Waals surface area contributed by atoms with E-state index in [1.54, 1.807) is 20.8 Å². The lowest BCUT2D eigenvalue weighted by Gasteiger charge is -2.22. The number of nitrogens with zero attached hydrogens (tertiary/aromatic N) is 1. The van der Waals surface area contributed by atoms with Gasteiger partial charge in [0.2, 0.25) is 5.91 Å². The molecule has 0 saturated heterocycles. The van der Waals surface area contributed by atoms with E-state index in [9.17, 15) is 9.59 Å². The van der Waals surface area contributed by atoms with Crippen LogP contribution >= 0.6 is 0 Å². The van der Waals surface area contributed by atoms with E-state index in [1.807, 2.05) is 30.3 Å². The number of carbonyl (C=O) groups excluding carboxylic acids is 2. The highest BCUT2D eigenvalue weighted by Gasteiger charge is 2.18. The topological polar surface area (TPSA) is 55.8 Å². The third-order valence-corrected chi connectivity index (χ3v) is 2.52. The summed E-state index contributed by atoms with van der Waals surface area (Å²) in [6.07, 6.45) is 0.103. The van der Waals surface area contributed by atoms with Crippen LogP contribution in [0.1, 0.15) is 39.7 Å². The second-order valence-electron chi connectivity index (χ2n) is 5.72. The molecule has 0 radical (unpaired) electrons. The zero-order valence-electron chi connectivity index (χ0n) is 13.1. The molecule has 0 fully saturated rings. The zero-order valence-corrected chi connectivity index (χ0v) is 13.1. The fourth-order valence-corrected chi connectivity index (χ4v) is 1.62. The Labute approximate surface area is 125 Å². The molecule has 0 atom stereocenters. The van der Waals surface area contributed by atoms with Gasteiger partial charge in [-0.3, -0.25) is 14.4 Å². The van der Waals surface area contributed by atoms with Crippen molar-refractivity contribution < 1.29 is 19.2 Å². The second kappa shape index (κ2) is 7.78. The molecule has 5 nitrogen and oxygen atoms in total. The first-order valence-corrected chi connectivity index (χ1v) is 6.95. The summed E-state index contributed by atoms with van der Waals surface area (Å²) < 4.78 is 5.20. The lowest BCUT2D eigenvalue weighted by molar-refractivity contribution is -0.191. The third kappa shape index (κ3) is 7.46. The van der Waals surface area contributed by atoms with Crippen LogP contribution < -0.4 is 0 Å². The van der Waals surface area contributed by atoms with Crippen molar-refractivity contribution in [2.24, 2.45) is 0 Å². The summed E-state index contributed by atoms with van der Waals surface area (Å²) in [5, 5.41) is 1.19. The molecule has 0 unspecified atom stereocenters. The number of benzene rings is 1. The van der Waals surface area contributed by atoms with Gasteiger partial charge in [-0.1, -0.05) is 30.3 Å². The molecule has 0 saturated carbocycles. The van der Waals surface area contributed by atoms with Crippen LogP contribution in [0.4, 0.5) is 0 Å². The highest BCUT2D eigenvalue weighted by molar-refractivity contribution is 5.74. The van der Waals surface area contributed by atoms with Crippen LogP contribution in [0, 0.1) is 0 Å². The van der Waals surface area contributed by atoms with Gasteiger partial charge in [0.1, 0.15) is 12.2 Å². The third-order valence-electron chi connectivity index (χ3n) is 2.52. The number of hydrogen-bond donors (Lipinski definition) is 0. The number of amides is 1. The zero-order chi connectivity index (χ0) is 15.9. The van der Waals surface area contributed by atoms with E-state index in [-0.39, 0.29) is 31.4 Å². The Morgan fingerprint density at radius 1 is 1.14 bits per heavy atom. The molecule has 0 spiro atoms. The van der Waals surface area contributed by atoms with Crippen LogP contribution in [0.25, 0.3) is 0 Å². The van der Waals surface area contributed by atoms with Gasteiger partial charge in [-0.25, -0.2) is 5.06 Å². The Morgan fingerprint density at radius 3 is 2.29 bits per heavy atom. The van der Waals surface area contributed by atoms with Gasteiger partial charge in [0.15, 0.2) is 0 Å². The maximum Gasteiger partial charge on any atom is 0.308 e. The summed E-state index contributed by atoms with van der Waals surface area (Å²) in [5.74, 6) is -0.591. The summed E-state index contributed by atoms with van der Waals surface area (Å²) >= 11 is 0. The maximum absolute atomic E-state index is 11.6. The maximum atomic E-state index is 11.6. The van der Waals surface area contributed by atoms with E-state index in [4.69, 9.17) is 9.57 Å². The fourth-order valence-electron chi connectivity index (χ4n) is 1.62. The normalized spacial score (nSPS) is 11.0. The van der Waals surface area contributed by atoms with E-state index in [0.29, 0.717) is 0 Å². The van der Waals surface area contributed by atoms with Gasteiger partial charge < -0.3 is 4.74 Å². The summed E-state index contributed by atoms with van der Waals surface area (Å²) in [4.78, 5) is 28.6. The molecule has 0 heterocycles. The second-order valence-corrected chi connectivity index (χ2v) is 5.72. The molecule has 0 N–H and O–H groups in total. The average molecular weight is 293 g/mol. The molecule has 1 amide bonds. The van der Waals surface area contributed by atoms with E-state index in [1.165, 1.54) is 12.0 Å². The monoisotopic (exact) mass is 293 g/mol. The van der Waals surface area contributed by atoms with E-state index < -0.39 is 5.60 Å². The molecule has 0 aliphatic heterocycles. The minimum absolute atomic E-state index is 0.103. The quantitative estimate of drug-likeness (QED) is 0.598. The highest BCUT2D eigenvalue weighted by atomic mass is 16.7. The van der Waals surface area contributed by atoms with Gasteiger partial charge in [0.05, 0.1) is 13.0 Å². The van der Waals surface area contributed by atoms with E-state index in [0.717, 1.165) is 5.56 Å². The van der Waals surface area contributed by atoms with E-state index >= 15 is 0 Å². The Hall–Kier alpha value is -1.88. The molecular weight excluding hydrogens is 270 g/mol. The summed E-state index contributed by atoms with van der Waals surface area (Å²) in [6, 6.07) is 9.53. The van der Waals surface area contributed by atoms with Crippen molar-refractivity contribution in [1.82, 2.24) is 5.06 Å². The summed E-state index contributed by atoms with van der Waals surface area (Å²) in [5.41, 5.74) is 0.435. The molecule has 0 aliphatic rings. The van der Waals surface area contributed by atoms with Gasteiger partial charge in [-0.2, -0.15) is 0 Å². The van der Waals surface area contributed by atoms with Gasteiger partial charge in [0, 0.05) is 6.92 Å². The van der Waals surface area contributed by atoms with E-state index in [2.05, 4.69) is 0 Å². The minimum atomic E-state index is -0.525. The van der Waals surface area contributed by atoms with Gasteiger partial charge in [-0.05, 0) is 26.3 Å². The predicted molar refractivity (Wildman–Crippen MR) is 79.1 cm³/mol. The lowest BCUT2D eigenvalue weighted by Crippen LogP contribution is -2.33. The average Bonchev–Trinajstić information content (AvgIpc) is 2.37. The molecule has 21 heavy (non-hydrogen) atoms. The Kier molecular flexibility index (Phi) is 6.37. The molecule has 0 bridgehead atoms. The van der Waals surface area contributed by atoms with Crippen molar-refractivity contribution in [3.63, 3.8) is 0 Å². The van der Waals surface area contributed by atoms with Crippen LogP contribution in [0.2, 0.25) is 0 Å². The fraction of sp³-hybridized carbons (Fsp3) is 0.500. The number of hydrogen-bond acceptors (Lipinski definition) is 4. The number of ether oxygens (including phenoxy) is 1. The molecule has 1 rings (SSSR count). The standard InChI is InChI=1S/C16H23NO4/c1-13(18)17(11-10-15(19)21-16(2,3)4)20-12-14-8-6-5-7-9-14/h5-9H,10-12H2,1-4H3. The highest BCUT2D eigenvalue weighted by Crippen LogP contribution is 2.09. The first-order chi connectivity index (χ1) is 9.78.